The number of carbonyl (C=O) groups is 1. The molecule has 0 saturated heterocycles. The summed E-state index contributed by atoms with van der Waals surface area (Å²) in [4.78, 5) is 12.4. The standard InChI is InChI=1S/C22H24N2O3/c1-16-7-3-4-11-21(16)24-22(25)17(2)23-19-9-5-8-18(13-19)14-26-15-20-10-6-12-27-20/h3-13,17,23H,14-15H2,1-2H3,(H,24,25). The molecular weight excluding hydrogens is 340 g/mol. The van der Waals surface area contributed by atoms with Crippen LogP contribution in [0.1, 0.15) is 23.8 Å². The third kappa shape index (κ3) is 5.46. The zero-order valence-electron chi connectivity index (χ0n) is 15.6. The van der Waals surface area contributed by atoms with Gasteiger partial charge in [-0.15, -0.1) is 0 Å². The van der Waals surface area contributed by atoms with Gasteiger partial charge in [-0.3, -0.25) is 4.79 Å². The molecule has 3 aromatic rings. The smallest absolute Gasteiger partial charge is 0.246 e. The lowest BCUT2D eigenvalue weighted by Gasteiger charge is -2.17. The first-order valence-corrected chi connectivity index (χ1v) is 8.94. The number of aryl methyl sites for hydroxylation is 1. The molecule has 0 spiro atoms. The van der Waals surface area contributed by atoms with Crippen molar-refractivity contribution in [1.29, 1.82) is 0 Å². The highest BCUT2D eigenvalue weighted by molar-refractivity contribution is 5.96. The fourth-order valence-corrected chi connectivity index (χ4v) is 2.68. The lowest BCUT2D eigenvalue weighted by molar-refractivity contribution is -0.116. The molecule has 140 valence electrons. The molecule has 0 fully saturated rings. The SMILES string of the molecule is Cc1ccccc1NC(=O)C(C)Nc1cccc(COCc2ccco2)c1. The van der Waals surface area contributed by atoms with Gasteiger partial charge in [0.15, 0.2) is 0 Å². The highest BCUT2D eigenvalue weighted by Gasteiger charge is 2.13. The number of hydrogen-bond donors (Lipinski definition) is 2. The molecule has 0 bridgehead atoms. The summed E-state index contributed by atoms with van der Waals surface area (Å²) in [6, 6.07) is 18.9. The topological polar surface area (TPSA) is 63.5 Å². The Morgan fingerprint density at radius 3 is 2.70 bits per heavy atom. The van der Waals surface area contributed by atoms with Crippen molar-refractivity contribution >= 4 is 17.3 Å². The van der Waals surface area contributed by atoms with E-state index in [1.807, 2.05) is 74.5 Å². The van der Waals surface area contributed by atoms with E-state index in [1.165, 1.54) is 0 Å². The zero-order valence-corrected chi connectivity index (χ0v) is 15.6. The number of para-hydroxylation sites is 1. The second-order valence-electron chi connectivity index (χ2n) is 6.44. The van der Waals surface area contributed by atoms with Gasteiger partial charge < -0.3 is 19.8 Å². The third-order valence-electron chi connectivity index (χ3n) is 4.20. The Labute approximate surface area is 159 Å². The minimum atomic E-state index is -0.371. The Hall–Kier alpha value is -3.05. The van der Waals surface area contributed by atoms with E-state index in [2.05, 4.69) is 10.6 Å². The number of hydrogen-bond acceptors (Lipinski definition) is 4. The molecule has 1 atom stereocenters. The molecule has 27 heavy (non-hydrogen) atoms. The quantitative estimate of drug-likeness (QED) is 0.606. The normalized spacial score (nSPS) is 11.8. The van der Waals surface area contributed by atoms with Crippen LogP contribution in [0, 0.1) is 6.92 Å². The molecule has 5 nitrogen and oxygen atoms in total. The van der Waals surface area contributed by atoms with Gasteiger partial charge in [0.2, 0.25) is 5.91 Å². The predicted octanol–water partition coefficient (Wildman–Crippen LogP) is 4.74. The lowest BCUT2D eigenvalue weighted by Crippen LogP contribution is -2.32. The van der Waals surface area contributed by atoms with Crippen LogP contribution in [0.3, 0.4) is 0 Å². The highest BCUT2D eigenvalue weighted by atomic mass is 16.5. The molecule has 0 saturated carbocycles. The number of amides is 1. The first-order chi connectivity index (χ1) is 13.1. The molecule has 0 aliphatic carbocycles. The van der Waals surface area contributed by atoms with Gasteiger partial charge in [-0.05, 0) is 55.3 Å². The van der Waals surface area contributed by atoms with E-state index in [0.29, 0.717) is 13.2 Å². The number of carbonyl (C=O) groups excluding carboxylic acids is 1. The molecule has 1 aromatic heterocycles. The van der Waals surface area contributed by atoms with E-state index in [1.54, 1.807) is 6.26 Å². The Morgan fingerprint density at radius 1 is 1.07 bits per heavy atom. The number of anilines is 2. The summed E-state index contributed by atoms with van der Waals surface area (Å²) < 4.78 is 10.9. The zero-order chi connectivity index (χ0) is 19.1. The molecule has 0 aliphatic heterocycles. The average Bonchev–Trinajstić information content (AvgIpc) is 3.17. The molecule has 0 aliphatic rings. The maximum Gasteiger partial charge on any atom is 0.246 e. The molecule has 1 heterocycles. The van der Waals surface area contributed by atoms with Crippen molar-refractivity contribution in [2.75, 3.05) is 10.6 Å². The van der Waals surface area contributed by atoms with Gasteiger partial charge in [0.05, 0.1) is 12.9 Å². The fourth-order valence-electron chi connectivity index (χ4n) is 2.68. The molecule has 5 heteroatoms. The van der Waals surface area contributed by atoms with Crippen LogP contribution in [0.15, 0.2) is 71.3 Å². The van der Waals surface area contributed by atoms with Crippen LogP contribution in [0.2, 0.25) is 0 Å². The molecule has 0 radical (unpaired) electrons. The van der Waals surface area contributed by atoms with Gasteiger partial charge in [-0.25, -0.2) is 0 Å². The van der Waals surface area contributed by atoms with E-state index < -0.39 is 0 Å². The molecule has 2 aromatic carbocycles. The molecule has 1 amide bonds. The van der Waals surface area contributed by atoms with Gasteiger partial charge in [0, 0.05) is 11.4 Å². The Morgan fingerprint density at radius 2 is 1.93 bits per heavy atom. The fraction of sp³-hybridized carbons (Fsp3) is 0.227. The average molecular weight is 364 g/mol. The van der Waals surface area contributed by atoms with Gasteiger partial charge in [0.25, 0.3) is 0 Å². The van der Waals surface area contributed by atoms with Crippen LogP contribution in [-0.2, 0) is 22.7 Å². The van der Waals surface area contributed by atoms with Crippen LogP contribution >= 0.6 is 0 Å². The Bertz CT molecular complexity index is 875. The van der Waals surface area contributed by atoms with Crippen molar-refractivity contribution in [3.63, 3.8) is 0 Å². The van der Waals surface area contributed by atoms with Crippen molar-refractivity contribution in [2.24, 2.45) is 0 Å². The monoisotopic (exact) mass is 364 g/mol. The van der Waals surface area contributed by atoms with E-state index in [4.69, 9.17) is 9.15 Å². The summed E-state index contributed by atoms with van der Waals surface area (Å²) in [6.45, 7) is 4.72. The van der Waals surface area contributed by atoms with Crippen LogP contribution in [0.5, 0.6) is 0 Å². The highest BCUT2D eigenvalue weighted by Crippen LogP contribution is 2.16. The van der Waals surface area contributed by atoms with Crippen LogP contribution in [0.4, 0.5) is 11.4 Å². The van der Waals surface area contributed by atoms with Crippen molar-refractivity contribution in [3.8, 4) is 0 Å². The Balaban J connectivity index is 1.53. The van der Waals surface area contributed by atoms with Crippen molar-refractivity contribution in [1.82, 2.24) is 0 Å². The summed E-state index contributed by atoms with van der Waals surface area (Å²) >= 11 is 0. The molecule has 2 N–H and O–H groups in total. The summed E-state index contributed by atoms with van der Waals surface area (Å²) in [5, 5.41) is 6.20. The number of benzene rings is 2. The van der Waals surface area contributed by atoms with Crippen molar-refractivity contribution in [2.45, 2.75) is 33.1 Å². The number of rotatable bonds is 8. The largest absolute Gasteiger partial charge is 0.467 e. The molecule has 3 rings (SSSR count). The van der Waals surface area contributed by atoms with E-state index in [0.717, 1.165) is 28.3 Å². The van der Waals surface area contributed by atoms with E-state index >= 15 is 0 Å². The maximum atomic E-state index is 12.4. The second-order valence-corrected chi connectivity index (χ2v) is 6.44. The van der Waals surface area contributed by atoms with E-state index in [9.17, 15) is 4.79 Å². The summed E-state index contributed by atoms with van der Waals surface area (Å²) in [6.07, 6.45) is 1.63. The Kier molecular flexibility index (Phi) is 6.28. The van der Waals surface area contributed by atoms with Crippen molar-refractivity contribution in [3.05, 3.63) is 83.8 Å². The van der Waals surface area contributed by atoms with Gasteiger partial charge in [-0.1, -0.05) is 30.3 Å². The molecular formula is C22H24N2O3. The van der Waals surface area contributed by atoms with Crippen LogP contribution < -0.4 is 10.6 Å². The van der Waals surface area contributed by atoms with Crippen LogP contribution in [-0.4, -0.2) is 11.9 Å². The van der Waals surface area contributed by atoms with Gasteiger partial charge >= 0.3 is 0 Å². The molecule has 1 unspecified atom stereocenters. The number of nitrogens with one attached hydrogen (secondary N) is 2. The second kappa shape index (κ2) is 9.05. The van der Waals surface area contributed by atoms with E-state index in [-0.39, 0.29) is 11.9 Å². The van der Waals surface area contributed by atoms with Crippen molar-refractivity contribution < 1.29 is 13.9 Å². The maximum absolute atomic E-state index is 12.4. The summed E-state index contributed by atoms with van der Waals surface area (Å²) in [5.41, 5.74) is 3.77. The first kappa shape index (κ1) is 18.7. The lowest BCUT2D eigenvalue weighted by atomic mass is 10.1. The predicted molar refractivity (Wildman–Crippen MR) is 107 cm³/mol. The minimum Gasteiger partial charge on any atom is -0.467 e. The third-order valence-corrected chi connectivity index (χ3v) is 4.20. The van der Waals surface area contributed by atoms with Crippen LogP contribution in [0.25, 0.3) is 0 Å². The van der Waals surface area contributed by atoms with Gasteiger partial charge in [0.1, 0.15) is 18.4 Å². The first-order valence-electron chi connectivity index (χ1n) is 8.94. The summed E-state index contributed by atoms with van der Waals surface area (Å²) in [5.74, 6) is 0.717. The van der Waals surface area contributed by atoms with Gasteiger partial charge in [-0.2, -0.15) is 0 Å². The number of furan rings is 1. The minimum absolute atomic E-state index is 0.0798. The number of ether oxygens (including phenoxy) is 1. The summed E-state index contributed by atoms with van der Waals surface area (Å²) in [7, 11) is 0.